The van der Waals surface area contributed by atoms with Crippen LogP contribution in [0.1, 0.15) is 22.1 Å². The minimum Gasteiger partial charge on any atom is -0.614 e. The number of hydrogen-bond acceptors (Lipinski definition) is 5. The van der Waals surface area contributed by atoms with Crippen LogP contribution in [0.3, 0.4) is 0 Å². The summed E-state index contributed by atoms with van der Waals surface area (Å²) >= 11 is -1.64. The van der Waals surface area contributed by atoms with Gasteiger partial charge in [-0.25, -0.2) is 0 Å². The Morgan fingerprint density at radius 3 is 2.59 bits per heavy atom. The van der Waals surface area contributed by atoms with E-state index in [4.69, 9.17) is 4.74 Å². The zero-order chi connectivity index (χ0) is 21.2. The average Bonchev–Trinajstić information content (AvgIpc) is 2.93. The van der Waals surface area contributed by atoms with Crippen LogP contribution in [0.4, 0.5) is 13.2 Å². The number of nitrogens with zero attached hydrogens (tertiary/aromatic N) is 1. The first kappa shape index (κ1) is 21.3. The van der Waals surface area contributed by atoms with Gasteiger partial charge in [-0.1, -0.05) is 30.3 Å². The van der Waals surface area contributed by atoms with Crippen molar-refractivity contribution < 1.29 is 37.1 Å². The lowest BCUT2D eigenvalue weighted by Crippen LogP contribution is -2.29. The van der Waals surface area contributed by atoms with Gasteiger partial charge in [0.1, 0.15) is 11.5 Å². The van der Waals surface area contributed by atoms with Gasteiger partial charge in [-0.15, -0.1) is 13.2 Å². The van der Waals surface area contributed by atoms with Crippen molar-refractivity contribution >= 4 is 17.1 Å². The van der Waals surface area contributed by atoms with E-state index in [1.807, 2.05) is 0 Å². The number of rotatable bonds is 6. The zero-order valence-electron chi connectivity index (χ0n) is 15.3. The number of carbonyl (C=O) groups is 1. The summed E-state index contributed by atoms with van der Waals surface area (Å²) in [6, 6.07) is 10.2. The first-order valence-electron chi connectivity index (χ1n) is 8.51. The summed E-state index contributed by atoms with van der Waals surface area (Å²) in [4.78, 5) is 13.8. The highest BCUT2D eigenvalue weighted by molar-refractivity contribution is 7.92. The summed E-state index contributed by atoms with van der Waals surface area (Å²) in [5, 5.41) is 8.54. The molecule has 1 saturated heterocycles. The van der Waals surface area contributed by atoms with E-state index in [0.29, 0.717) is 16.9 Å². The third-order valence-corrected chi connectivity index (χ3v) is 5.94. The first-order valence-corrected chi connectivity index (χ1v) is 9.89. The predicted molar refractivity (Wildman–Crippen MR) is 98.3 cm³/mol. The van der Waals surface area contributed by atoms with E-state index in [-0.39, 0.29) is 24.5 Å². The summed E-state index contributed by atoms with van der Waals surface area (Å²) in [7, 11) is 1.43. The van der Waals surface area contributed by atoms with E-state index < -0.39 is 34.6 Å². The molecule has 10 heteroatoms. The summed E-state index contributed by atoms with van der Waals surface area (Å²) < 4.78 is 59.4. The van der Waals surface area contributed by atoms with E-state index in [9.17, 15) is 27.6 Å². The largest absolute Gasteiger partial charge is 0.614 e. The summed E-state index contributed by atoms with van der Waals surface area (Å²) in [5.41, 5.74) is 1.38. The minimum absolute atomic E-state index is 0.0244. The molecule has 3 rings (SSSR count). The first-order chi connectivity index (χ1) is 13.7. The van der Waals surface area contributed by atoms with Crippen LogP contribution in [0, 0.1) is 0 Å². The van der Waals surface area contributed by atoms with Gasteiger partial charge in [-0.05, 0) is 23.3 Å². The van der Waals surface area contributed by atoms with Crippen molar-refractivity contribution in [2.45, 2.75) is 24.9 Å². The fourth-order valence-corrected chi connectivity index (χ4v) is 4.75. The SMILES string of the molecule is COc1c(CO)cccc1CN1C(=O)C[S+]([O-])C1c1cccc(OC(F)(F)F)c1. The Bertz CT molecular complexity index is 892. The molecule has 0 radical (unpaired) electrons. The van der Waals surface area contributed by atoms with Gasteiger partial charge in [-0.2, -0.15) is 0 Å². The number of para-hydroxylation sites is 1. The number of hydrogen-bond donors (Lipinski definition) is 1. The van der Waals surface area contributed by atoms with Gasteiger partial charge < -0.3 is 19.1 Å². The van der Waals surface area contributed by atoms with Crippen molar-refractivity contribution in [2.24, 2.45) is 0 Å². The lowest BCUT2D eigenvalue weighted by atomic mass is 10.1. The molecule has 6 nitrogen and oxygen atoms in total. The van der Waals surface area contributed by atoms with E-state index in [0.717, 1.165) is 12.1 Å². The second-order valence-electron chi connectivity index (χ2n) is 6.29. The van der Waals surface area contributed by atoms with Crippen molar-refractivity contribution in [1.29, 1.82) is 0 Å². The summed E-state index contributed by atoms with van der Waals surface area (Å²) in [6.07, 6.45) is -4.86. The van der Waals surface area contributed by atoms with Crippen LogP contribution in [0.2, 0.25) is 0 Å². The van der Waals surface area contributed by atoms with E-state index in [2.05, 4.69) is 4.74 Å². The van der Waals surface area contributed by atoms with Gasteiger partial charge in [0.25, 0.3) is 5.91 Å². The topological polar surface area (TPSA) is 82.1 Å². The number of ether oxygens (including phenoxy) is 2. The third kappa shape index (κ3) is 4.77. The lowest BCUT2D eigenvalue weighted by molar-refractivity contribution is -0.274. The number of halogens is 3. The van der Waals surface area contributed by atoms with Gasteiger partial charge in [-0.3, -0.25) is 9.69 Å². The maximum Gasteiger partial charge on any atom is 0.573 e. The smallest absolute Gasteiger partial charge is 0.573 e. The number of amides is 1. The monoisotopic (exact) mass is 429 g/mol. The molecule has 0 aromatic heterocycles. The highest BCUT2D eigenvalue weighted by atomic mass is 32.2. The molecule has 1 amide bonds. The minimum atomic E-state index is -4.86. The standard InChI is InChI=1S/C19H18F3NO5S/c1-27-17-13(5-2-6-14(17)10-24)9-23-16(25)11-29(26)18(23)12-4-3-7-15(8-12)28-19(20,21)22/h2-8,18,24H,9-11H2,1H3. The number of alkyl halides is 3. The molecule has 1 N–H and O–H groups in total. The van der Waals surface area contributed by atoms with E-state index >= 15 is 0 Å². The highest BCUT2D eigenvalue weighted by Crippen LogP contribution is 2.38. The number of benzene rings is 2. The van der Waals surface area contributed by atoms with Crippen molar-refractivity contribution in [3.8, 4) is 11.5 Å². The molecule has 2 aromatic rings. The van der Waals surface area contributed by atoms with Gasteiger partial charge in [0.15, 0.2) is 5.75 Å². The maximum atomic E-state index is 12.6. The molecule has 0 aliphatic carbocycles. The van der Waals surface area contributed by atoms with Gasteiger partial charge >= 0.3 is 6.36 Å². The Hall–Kier alpha value is -2.43. The second-order valence-corrected chi connectivity index (χ2v) is 7.78. The molecule has 0 saturated carbocycles. The van der Waals surface area contributed by atoms with E-state index in [1.165, 1.54) is 24.1 Å². The molecule has 156 valence electrons. The third-order valence-electron chi connectivity index (χ3n) is 4.39. The van der Waals surface area contributed by atoms with Crippen LogP contribution in [-0.2, 0) is 29.1 Å². The molecular weight excluding hydrogens is 411 g/mol. The van der Waals surface area contributed by atoms with Crippen LogP contribution in [0.15, 0.2) is 42.5 Å². The molecule has 0 spiro atoms. The van der Waals surface area contributed by atoms with Crippen LogP contribution >= 0.6 is 0 Å². The van der Waals surface area contributed by atoms with Crippen LogP contribution < -0.4 is 9.47 Å². The van der Waals surface area contributed by atoms with Crippen molar-refractivity contribution in [3.63, 3.8) is 0 Å². The zero-order valence-corrected chi connectivity index (χ0v) is 16.1. The molecule has 1 aliphatic rings. The second kappa shape index (κ2) is 8.52. The van der Waals surface area contributed by atoms with Crippen molar-refractivity contribution in [1.82, 2.24) is 4.90 Å². The Morgan fingerprint density at radius 1 is 1.24 bits per heavy atom. The van der Waals surface area contributed by atoms with Gasteiger partial charge in [0.05, 0.1) is 20.3 Å². The summed E-state index contributed by atoms with van der Waals surface area (Å²) in [5.74, 6) is -0.691. The maximum absolute atomic E-state index is 12.6. The number of carbonyl (C=O) groups excluding carboxylic acids is 1. The Labute approximate surface area is 168 Å². The predicted octanol–water partition coefficient (Wildman–Crippen LogP) is 2.88. The molecule has 29 heavy (non-hydrogen) atoms. The van der Waals surface area contributed by atoms with Crippen molar-refractivity contribution in [3.05, 3.63) is 59.2 Å². The number of aliphatic hydroxyl groups excluding tert-OH is 1. The average molecular weight is 429 g/mol. The Kier molecular flexibility index (Phi) is 6.25. The highest BCUT2D eigenvalue weighted by Gasteiger charge is 2.44. The van der Waals surface area contributed by atoms with Crippen molar-refractivity contribution in [2.75, 3.05) is 12.9 Å². The van der Waals surface area contributed by atoms with E-state index in [1.54, 1.807) is 18.2 Å². The van der Waals surface area contributed by atoms with Crippen LogP contribution in [0.5, 0.6) is 11.5 Å². The normalized spacial score (nSPS) is 19.5. The number of aliphatic hydroxyl groups is 1. The molecular formula is C19H18F3NO5S. The summed E-state index contributed by atoms with van der Waals surface area (Å²) in [6.45, 7) is -0.242. The molecule has 0 bridgehead atoms. The molecule has 1 fully saturated rings. The van der Waals surface area contributed by atoms with Crippen LogP contribution in [-0.4, -0.2) is 39.7 Å². The van der Waals surface area contributed by atoms with Gasteiger partial charge in [0, 0.05) is 16.7 Å². The lowest BCUT2D eigenvalue weighted by Gasteiger charge is -2.25. The molecule has 2 atom stereocenters. The molecule has 1 heterocycles. The van der Waals surface area contributed by atoms with Gasteiger partial charge in [0.2, 0.25) is 5.37 Å². The number of methoxy groups -OCH3 is 1. The van der Waals surface area contributed by atoms with Crippen LogP contribution in [0.25, 0.3) is 0 Å². The molecule has 1 aliphatic heterocycles. The Morgan fingerprint density at radius 2 is 1.93 bits per heavy atom. The molecule has 2 unspecified atom stereocenters. The quantitative estimate of drug-likeness (QED) is 0.715. The molecule has 2 aromatic carbocycles. The Balaban J connectivity index is 1.93. The fourth-order valence-electron chi connectivity index (χ4n) is 3.26. The fraction of sp³-hybridized carbons (Fsp3) is 0.316.